The highest BCUT2D eigenvalue weighted by molar-refractivity contribution is 9.10. The molecule has 5 nitrogen and oxygen atoms in total. The highest BCUT2D eigenvalue weighted by Crippen LogP contribution is 2.32. The van der Waals surface area contributed by atoms with E-state index < -0.39 is 0 Å². The molecule has 0 unspecified atom stereocenters. The van der Waals surface area contributed by atoms with Gasteiger partial charge in [-0.15, -0.1) is 5.06 Å². The minimum absolute atomic E-state index is 0.0381. The summed E-state index contributed by atoms with van der Waals surface area (Å²) in [7, 11) is 0. The first-order valence-corrected chi connectivity index (χ1v) is 8.69. The van der Waals surface area contributed by atoms with E-state index in [9.17, 15) is 4.79 Å². The molecule has 1 atom stereocenters. The SMILES string of the molecule is O=C(ON1CCC[C@H]1c1nc2ccc(Br)cc2[nH]1)c1ccccc1. The van der Waals surface area contributed by atoms with Gasteiger partial charge in [0.15, 0.2) is 0 Å². The van der Waals surface area contributed by atoms with E-state index in [-0.39, 0.29) is 12.0 Å². The molecule has 2 aromatic carbocycles. The van der Waals surface area contributed by atoms with Gasteiger partial charge in [0.2, 0.25) is 0 Å². The van der Waals surface area contributed by atoms with E-state index in [0.29, 0.717) is 12.1 Å². The zero-order chi connectivity index (χ0) is 16.5. The summed E-state index contributed by atoms with van der Waals surface area (Å²) < 4.78 is 1.00. The van der Waals surface area contributed by atoms with Crippen LogP contribution in [0.2, 0.25) is 0 Å². The van der Waals surface area contributed by atoms with Crippen LogP contribution in [0.5, 0.6) is 0 Å². The molecule has 0 radical (unpaired) electrons. The van der Waals surface area contributed by atoms with E-state index in [4.69, 9.17) is 4.84 Å². The Morgan fingerprint density at radius 3 is 2.92 bits per heavy atom. The predicted octanol–water partition coefficient (Wildman–Crippen LogP) is 4.23. The number of H-pyrrole nitrogens is 1. The molecule has 1 aliphatic rings. The molecule has 0 spiro atoms. The number of nitrogens with zero attached hydrogens (tertiary/aromatic N) is 2. The van der Waals surface area contributed by atoms with E-state index in [1.807, 2.05) is 36.4 Å². The number of carbonyl (C=O) groups is 1. The van der Waals surface area contributed by atoms with Crippen molar-refractivity contribution < 1.29 is 9.63 Å². The van der Waals surface area contributed by atoms with Gasteiger partial charge in [0.25, 0.3) is 0 Å². The van der Waals surface area contributed by atoms with Crippen LogP contribution in [0.25, 0.3) is 11.0 Å². The number of benzene rings is 2. The summed E-state index contributed by atoms with van der Waals surface area (Å²) in [6.45, 7) is 0.712. The lowest BCUT2D eigenvalue weighted by atomic mass is 10.2. The maximum absolute atomic E-state index is 12.3. The molecule has 0 saturated carbocycles. The molecule has 122 valence electrons. The van der Waals surface area contributed by atoms with Gasteiger partial charge in [0.1, 0.15) is 11.9 Å². The van der Waals surface area contributed by atoms with Gasteiger partial charge in [-0.05, 0) is 43.2 Å². The van der Waals surface area contributed by atoms with E-state index in [0.717, 1.165) is 34.2 Å². The number of rotatable bonds is 3. The third kappa shape index (κ3) is 2.95. The Balaban J connectivity index is 1.56. The van der Waals surface area contributed by atoms with Gasteiger partial charge >= 0.3 is 5.97 Å². The van der Waals surface area contributed by atoms with Gasteiger partial charge < -0.3 is 9.82 Å². The molecular weight excluding hydrogens is 370 g/mol. The maximum Gasteiger partial charge on any atom is 0.357 e. The van der Waals surface area contributed by atoms with Crippen molar-refractivity contribution in [2.24, 2.45) is 0 Å². The van der Waals surface area contributed by atoms with Gasteiger partial charge in [0.05, 0.1) is 16.6 Å². The van der Waals surface area contributed by atoms with Crippen LogP contribution in [-0.2, 0) is 4.84 Å². The molecule has 24 heavy (non-hydrogen) atoms. The molecule has 1 N–H and O–H groups in total. The van der Waals surface area contributed by atoms with E-state index in [1.165, 1.54) is 0 Å². The summed E-state index contributed by atoms with van der Waals surface area (Å²) in [6, 6.07) is 14.9. The number of hydroxylamine groups is 2. The van der Waals surface area contributed by atoms with Crippen LogP contribution < -0.4 is 0 Å². The Bertz CT molecular complexity index is 878. The smallest absolute Gasteiger partial charge is 0.357 e. The fourth-order valence-corrected chi connectivity index (χ4v) is 3.38. The van der Waals surface area contributed by atoms with Crippen LogP contribution in [0.4, 0.5) is 0 Å². The highest BCUT2D eigenvalue weighted by Gasteiger charge is 2.32. The number of nitrogens with one attached hydrogen (secondary N) is 1. The Morgan fingerprint density at radius 1 is 1.25 bits per heavy atom. The first-order chi connectivity index (χ1) is 11.7. The van der Waals surface area contributed by atoms with Crippen molar-refractivity contribution in [2.75, 3.05) is 6.54 Å². The molecule has 2 heterocycles. The van der Waals surface area contributed by atoms with Crippen molar-refractivity contribution in [1.29, 1.82) is 0 Å². The second-order valence-electron chi connectivity index (χ2n) is 5.83. The maximum atomic E-state index is 12.3. The third-order valence-electron chi connectivity index (χ3n) is 4.19. The summed E-state index contributed by atoms with van der Waals surface area (Å²) >= 11 is 3.47. The number of halogens is 1. The zero-order valence-corrected chi connectivity index (χ0v) is 14.5. The largest absolute Gasteiger partial charge is 0.363 e. The van der Waals surface area contributed by atoms with Crippen LogP contribution in [0.1, 0.15) is 35.1 Å². The van der Waals surface area contributed by atoms with E-state index >= 15 is 0 Å². The molecule has 3 aromatic rings. The molecule has 6 heteroatoms. The molecular formula is C18H16BrN3O2. The molecule has 1 aliphatic heterocycles. The summed E-state index contributed by atoms with van der Waals surface area (Å²) in [5, 5.41) is 1.74. The topological polar surface area (TPSA) is 58.2 Å². The molecule has 0 aliphatic carbocycles. The van der Waals surface area contributed by atoms with E-state index in [1.54, 1.807) is 17.2 Å². The molecule has 4 rings (SSSR count). The van der Waals surface area contributed by atoms with Gasteiger partial charge in [-0.1, -0.05) is 34.1 Å². The standard InChI is InChI=1S/C18H16BrN3O2/c19-13-8-9-14-15(11-13)21-17(20-14)16-7-4-10-22(16)24-18(23)12-5-2-1-3-6-12/h1-3,5-6,8-9,11,16H,4,7,10H2,(H,20,21)/t16-/m0/s1. The minimum atomic E-state index is -0.332. The monoisotopic (exact) mass is 385 g/mol. The highest BCUT2D eigenvalue weighted by atomic mass is 79.9. The fraction of sp³-hybridized carbons (Fsp3) is 0.222. The van der Waals surface area contributed by atoms with Gasteiger partial charge in [-0.2, -0.15) is 0 Å². The summed E-state index contributed by atoms with van der Waals surface area (Å²) in [5.41, 5.74) is 2.44. The number of fused-ring (bicyclic) bond motifs is 1. The van der Waals surface area contributed by atoms with Crippen LogP contribution in [0.3, 0.4) is 0 Å². The molecule has 1 aromatic heterocycles. The first-order valence-electron chi connectivity index (χ1n) is 7.90. The molecule has 1 saturated heterocycles. The Morgan fingerprint density at radius 2 is 2.08 bits per heavy atom. The van der Waals surface area contributed by atoms with Crippen LogP contribution in [0, 0.1) is 0 Å². The number of hydrogen-bond donors (Lipinski definition) is 1. The molecule has 0 amide bonds. The summed E-state index contributed by atoms with van der Waals surface area (Å²) in [5.74, 6) is 0.503. The quantitative estimate of drug-likeness (QED) is 0.732. The average molecular weight is 386 g/mol. The second-order valence-corrected chi connectivity index (χ2v) is 6.74. The van der Waals surface area contributed by atoms with Crippen molar-refractivity contribution in [1.82, 2.24) is 15.0 Å². The normalized spacial score (nSPS) is 18.1. The number of carbonyl (C=O) groups excluding carboxylic acids is 1. The van der Waals surface area contributed by atoms with Crippen molar-refractivity contribution in [3.8, 4) is 0 Å². The van der Waals surface area contributed by atoms with Crippen LogP contribution in [-0.4, -0.2) is 27.5 Å². The van der Waals surface area contributed by atoms with Crippen LogP contribution in [0.15, 0.2) is 53.0 Å². The van der Waals surface area contributed by atoms with Gasteiger partial charge in [0, 0.05) is 11.0 Å². The lowest BCUT2D eigenvalue weighted by Gasteiger charge is -2.21. The third-order valence-corrected chi connectivity index (χ3v) is 4.68. The van der Waals surface area contributed by atoms with Crippen molar-refractivity contribution in [3.05, 3.63) is 64.4 Å². The minimum Gasteiger partial charge on any atom is -0.363 e. The Hall–Kier alpha value is -2.18. The average Bonchev–Trinajstić information content (AvgIpc) is 3.21. The van der Waals surface area contributed by atoms with Crippen LogP contribution >= 0.6 is 15.9 Å². The molecule has 0 bridgehead atoms. The van der Waals surface area contributed by atoms with E-state index in [2.05, 4.69) is 25.9 Å². The Labute approximate surface area is 147 Å². The van der Waals surface area contributed by atoms with Crippen molar-refractivity contribution in [2.45, 2.75) is 18.9 Å². The second kappa shape index (κ2) is 6.37. The Kier molecular flexibility index (Phi) is 4.08. The zero-order valence-electron chi connectivity index (χ0n) is 12.9. The lowest BCUT2D eigenvalue weighted by molar-refractivity contribution is -0.121. The number of aromatic nitrogens is 2. The van der Waals surface area contributed by atoms with Gasteiger partial charge in [-0.25, -0.2) is 9.78 Å². The van der Waals surface area contributed by atoms with Crippen molar-refractivity contribution in [3.63, 3.8) is 0 Å². The summed E-state index contributed by atoms with van der Waals surface area (Å²) in [6.07, 6.45) is 1.87. The fourth-order valence-electron chi connectivity index (χ4n) is 3.02. The number of hydrogen-bond acceptors (Lipinski definition) is 4. The predicted molar refractivity (Wildman–Crippen MR) is 94.3 cm³/mol. The first kappa shape index (κ1) is 15.4. The lowest BCUT2D eigenvalue weighted by Crippen LogP contribution is -2.27. The molecule has 1 fully saturated rings. The summed E-state index contributed by atoms with van der Waals surface area (Å²) in [4.78, 5) is 25.9. The number of aromatic amines is 1. The van der Waals surface area contributed by atoms with Crippen molar-refractivity contribution >= 4 is 32.9 Å². The number of imidazole rings is 1. The van der Waals surface area contributed by atoms with Gasteiger partial charge in [-0.3, -0.25) is 0 Å².